The molecule has 0 aromatic carbocycles. The van der Waals surface area contributed by atoms with E-state index in [-0.39, 0.29) is 0 Å². The fourth-order valence-corrected chi connectivity index (χ4v) is 3.04. The van der Waals surface area contributed by atoms with Gasteiger partial charge < -0.3 is 0 Å². The Morgan fingerprint density at radius 1 is 1.40 bits per heavy atom. The average molecular weight is 291 g/mol. The minimum absolute atomic E-state index is 0.396. The second-order valence-corrected chi connectivity index (χ2v) is 6.56. The maximum absolute atomic E-state index is 9.27. The van der Waals surface area contributed by atoms with E-state index in [1.54, 1.807) is 11.8 Å². The normalized spacial score (nSPS) is 13.8. The van der Waals surface area contributed by atoms with Crippen molar-refractivity contribution in [2.75, 3.05) is 12.3 Å². The van der Waals surface area contributed by atoms with Gasteiger partial charge in [0.25, 0.3) is 0 Å². The van der Waals surface area contributed by atoms with E-state index in [9.17, 15) is 5.26 Å². The molecule has 1 atom stereocenters. The van der Waals surface area contributed by atoms with E-state index >= 15 is 0 Å². The Hall–Kier alpha value is -1.05. The highest BCUT2D eigenvalue weighted by Gasteiger charge is 2.21. The Morgan fingerprint density at radius 2 is 2.15 bits per heavy atom. The summed E-state index contributed by atoms with van der Waals surface area (Å²) >= 11 is 1.78. The van der Waals surface area contributed by atoms with Gasteiger partial charge in [-0.1, -0.05) is 6.92 Å². The smallest absolute Gasteiger partial charge is 0.103 e. The van der Waals surface area contributed by atoms with Gasteiger partial charge in [-0.25, -0.2) is 4.98 Å². The molecule has 0 amide bonds. The lowest BCUT2D eigenvalue weighted by molar-refractivity contribution is 0.415. The highest BCUT2D eigenvalue weighted by atomic mass is 32.2. The van der Waals surface area contributed by atoms with Crippen LogP contribution in [0, 0.1) is 25.2 Å². The van der Waals surface area contributed by atoms with Crippen molar-refractivity contribution in [3.05, 3.63) is 23.4 Å². The zero-order valence-electron chi connectivity index (χ0n) is 13.0. The number of aromatic nitrogens is 1. The fraction of sp³-hybridized carbons (Fsp3) is 0.625. The van der Waals surface area contributed by atoms with Crippen LogP contribution >= 0.6 is 11.8 Å². The highest BCUT2D eigenvalue weighted by Crippen LogP contribution is 2.21. The summed E-state index contributed by atoms with van der Waals surface area (Å²) in [4.78, 5) is 4.52. The third-order valence-corrected chi connectivity index (χ3v) is 4.15. The Balaban J connectivity index is 2.39. The molecule has 0 aliphatic carbocycles. The number of thioether (sulfide) groups is 1. The van der Waals surface area contributed by atoms with Crippen molar-refractivity contribution in [3.8, 4) is 6.07 Å². The molecule has 1 unspecified atom stereocenters. The van der Waals surface area contributed by atoms with Crippen molar-refractivity contribution < 1.29 is 0 Å². The van der Waals surface area contributed by atoms with Crippen molar-refractivity contribution >= 4 is 11.8 Å². The second-order valence-electron chi connectivity index (χ2n) is 5.45. The van der Waals surface area contributed by atoms with E-state index in [2.05, 4.69) is 42.4 Å². The average Bonchev–Trinajstić information content (AvgIpc) is 2.40. The summed E-state index contributed by atoms with van der Waals surface area (Å²) in [5, 5.41) is 13.7. The number of hydrogen-bond acceptors (Lipinski definition) is 4. The molecule has 0 bridgehead atoms. The minimum atomic E-state index is -0.396. The molecular weight excluding hydrogens is 266 g/mol. The van der Waals surface area contributed by atoms with E-state index < -0.39 is 5.54 Å². The quantitative estimate of drug-likeness (QED) is 0.584. The number of pyridine rings is 1. The maximum atomic E-state index is 9.27. The predicted molar refractivity (Wildman–Crippen MR) is 86.0 cm³/mol. The Bertz CT molecular complexity index is 447. The first kappa shape index (κ1) is 17.0. The lowest BCUT2D eigenvalue weighted by atomic mass is 9.98. The van der Waals surface area contributed by atoms with E-state index in [1.807, 2.05) is 13.8 Å². The second kappa shape index (κ2) is 8.28. The summed E-state index contributed by atoms with van der Waals surface area (Å²) in [5.41, 5.74) is 1.93. The molecule has 0 radical (unpaired) electrons. The van der Waals surface area contributed by atoms with E-state index in [0.717, 1.165) is 42.3 Å². The zero-order valence-corrected chi connectivity index (χ0v) is 13.8. The number of rotatable bonds is 8. The fourth-order valence-electron chi connectivity index (χ4n) is 2.07. The van der Waals surface area contributed by atoms with E-state index in [1.165, 1.54) is 5.56 Å². The van der Waals surface area contributed by atoms with E-state index in [4.69, 9.17) is 0 Å². The molecule has 0 aliphatic rings. The number of hydrogen-bond donors (Lipinski definition) is 1. The van der Waals surface area contributed by atoms with Gasteiger partial charge in [0.15, 0.2) is 0 Å². The summed E-state index contributed by atoms with van der Waals surface area (Å²) < 4.78 is 0. The monoisotopic (exact) mass is 291 g/mol. The highest BCUT2D eigenvalue weighted by molar-refractivity contribution is 7.99. The first-order valence-corrected chi connectivity index (χ1v) is 8.22. The molecule has 1 aromatic heterocycles. The SMILES string of the molecule is CCCNC(C)(C#N)CCCSc1cc(C)cc(C)n1. The molecule has 1 N–H and O–H groups in total. The number of nitrogens with one attached hydrogen (secondary N) is 1. The zero-order chi connectivity index (χ0) is 15.0. The van der Waals surface area contributed by atoms with Gasteiger partial charge in [-0.05, 0) is 70.0 Å². The van der Waals surface area contributed by atoms with Gasteiger partial charge in [-0.2, -0.15) is 5.26 Å². The molecular formula is C16H25N3S. The summed E-state index contributed by atoms with van der Waals surface area (Å²) in [6.07, 6.45) is 2.94. The van der Waals surface area contributed by atoms with Gasteiger partial charge in [0.05, 0.1) is 11.1 Å². The van der Waals surface area contributed by atoms with Crippen LogP contribution in [-0.4, -0.2) is 22.8 Å². The summed E-state index contributed by atoms with van der Waals surface area (Å²) in [5.74, 6) is 1.00. The first-order valence-electron chi connectivity index (χ1n) is 7.23. The Kier molecular flexibility index (Phi) is 7.04. The Morgan fingerprint density at radius 3 is 2.75 bits per heavy atom. The van der Waals surface area contributed by atoms with Gasteiger partial charge in [-0.3, -0.25) is 5.32 Å². The molecule has 0 saturated carbocycles. The molecule has 1 rings (SSSR count). The molecule has 20 heavy (non-hydrogen) atoms. The summed E-state index contributed by atoms with van der Waals surface area (Å²) in [6, 6.07) is 6.60. The lowest BCUT2D eigenvalue weighted by Gasteiger charge is -2.22. The topological polar surface area (TPSA) is 48.7 Å². The molecule has 110 valence electrons. The standard InChI is InChI=1S/C16H25N3S/c1-5-8-18-16(4,12-17)7-6-9-20-15-11-13(2)10-14(3)19-15/h10-11,18H,5-9H2,1-4H3. The van der Waals surface area contributed by atoms with Gasteiger partial charge in [0.2, 0.25) is 0 Å². The molecule has 0 aliphatic heterocycles. The van der Waals surface area contributed by atoms with Crippen LogP contribution in [0.3, 0.4) is 0 Å². The maximum Gasteiger partial charge on any atom is 0.103 e. The van der Waals surface area contributed by atoms with Crippen LogP contribution in [0.1, 0.15) is 44.4 Å². The third-order valence-electron chi connectivity index (χ3n) is 3.16. The summed E-state index contributed by atoms with van der Waals surface area (Å²) in [6.45, 7) is 9.13. The van der Waals surface area contributed by atoms with Crippen molar-refractivity contribution in [2.24, 2.45) is 0 Å². The number of nitriles is 1. The van der Waals surface area contributed by atoms with Gasteiger partial charge >= 0.3 is 0 Å². The van der Waals surface area contributed by atoms with Crippen LogP contribution in [0.2, 0.25) is 0 Å². The first-order chi connectivity index (χ1) is 9.49. The molecule has 1 heterocycles. The van der Waals surface area contributed by atoms with Gasteiger partial charge in [0.1, 0.15) is 5.54 Å². The minimum Gasteiger partial charge on any atom is -0.300 e. The Labute approximate surface area is 127 Å². The predicted octanol–water partition coefficient (Wildman–Crippen LogP) is 3.85. The van der Waals surface area contributed by atoms with Crippen LogP contribution in [0.15, 0.2) is 17.2 Å². The molecule has 0 saturated heterocycles. The van der Waals surface area contributed by atoms with Crippen LogP contribution in [0.5, 0.6) is 0 Å². The number of aryl methyl sites for hydroxylation is 2. The van der Waals surface area contributed by atoms with Crippen molar-refractivity contribution in [3.63, 3.8) is 0 Å². The van der Waals surface area contributed by atoms with Gasteiger partial charge in [-0.15, -0.1) is 11.8 Å². The van der Waals surface area contributed by atoms with Crippen LogP contribution in [0.25, 0.3) is 0 Å². The lowest BCUT2D eigenvalue weighted by Crippen LogP contribution is -2.41. The van der Waals surface area contributed by atoms with Crippen LogP contribution in [-0.2, 0) is 0 Å². The van der Waals surface area contributed by atoms with Gasteiger partial charge in [0, 0.05) is 5.69 Å². The number of nitrogens with zero attached hydrogens (tertiary/aromatic N) is 2. The van der Waals surface area contributed by atoms with Crippen molar-refractivity contribution in [1.82, 2.24) is 10.3 Å². The van der Waals surface area contributed by atoms with Crippen LogP contribution < -0.4 is 5.32 Å². The van der Waals surface area contributed by atoms with Crippen LogP contribution in [0.4, 0.5) is 0 Å². The third kappa shape index (κ3) is 5.94. The molecule has 4 heteroatoms. The van der Waals surface area contributed by atoms with Crippen molar-refractivity contribution in [2.45, 2.75) is 57.5 Å². The summed E-state index contributed by atoms with van der Waals surface area (Å²) in [7, 11) is 0. The molecule has 0 spiro atoms. The van der Waals surface area contributed by atoms with Crippen molar-refractivity contribution in [1.29, 1.82) is 5.26 Å². The largest absolute Gasteiger partial charge is 0.300 e. The molecule has 1 aromatic rings. The van der Waals surface area contributed by atoms with E-state index in [0.29, 0.717) is 0 Å². The molecule has 0 fully saturated rings. The molecule has 3 nitrogen and oxygen atoms in total.